The molecule has 0 heterocycles. The fourth-order valence-electron chi connectivity index (χ4n) is 1.77. The smallest absolute Gasteiger partial charge is 0.104 e. The Bertz CT molecular complexity index is 536. The minimum atomic E-state index is 0.0798. The molecule has 1 atom stereocenters. The van der Waals surface area contributed by atoms with Gasteiger partial charge in [0.05, 0.1) is 5.25 Å². The number of hydrogen-bond donors (Lipinski definition) is 2. The quantitative estimate of drug-likeness (QED) is 0.490. The molecule has 3 heteroatoms. The van der Waals surface area contributed by atoms with Gasteiger partial charge >= 0.3 is 0 Å². The van der Waals surface area contributed by atoms with E-state index in [2.05, 4.69) is 37.3 Å². The summed E-state index contributed by atoms with van der Waals surface area (Å²) in [6.45, 7) is 2.06. The second-order valence-electron chi connectivity index (χ2n) is 3.98. The number of nitrogens with one attached hydrogen (secondary N) is 1. The second kappa shape index (κ2) is 5.23. The van der Waals surface area contributed by atoms with Gasteiger partial charge < -0.3 is 5.73 Å². The van der Waals surface area contributed by atoms with Crippen LogP contribution >= 0.6 is 11.8 Å². The lowest BCUT2D eigenvalue weighted by Gasteiger charge is -2.12. The van der Waals surface area contributed by atoms with E-state index in [1.807, 2.05) is 12.1 Å². The molecular weight excluding hydrogens is 228 g/mol. The first-order valence-electron chi connectivity index (χ1n) is 5.70. The van der Waals surface area contributed by atoms with Gasteiger partial charge in [-0.05, 0) is 29.3 Å². The number of benzene rings is 2. The molecule has 0 fully saturated rings. The summed E-state index contributed by atoms with van der Waals surface area (Å²) < 4.78 is 0. The number of rotatable bonds is 4. The predicted octanol–water partition coefficient (Wildman–Crippen LogP) is 3.65. The summed E-state index contributed by atoms with van der Waals surface area (Å²) in [7, 11) is 0. The van der Waals surface area contributed by atoms with Gasteiger partial charge in [0, 0.05) is 4.90 Å². The third-order valence-corrected chi connectivity index (χ3v) is 4.11. The van der Waals surface area contributed by atoms with E-state index in [0.29, 0.717) is 0 Å². The third kappa shape index (κ3) is 2.80. The van der Waals surface area contributed by atoms with E-state index in [1.165, 1.54) is 15.7 Å². The van der Waals surface area contributed by atoms with E-state index < -0.39 is 0 Å². The van der Waals surface area contributed by atoms with Crippen LogP contribution < -0.4 is 5.73 Å². The largest absolute Gasteiger partial charge is 0.387 e. The van der Waals surface area contributed by atoms with Crippen LogP contribution in [0.1, 0.15) is 13.3 Å². The van der Waals surface area contributed by atoms with Crippen molar-refractivity contribution in [2.75, 3.05) is 0 Å². The number of amidine groups is 1. The Balaban J connectivity index is 2.27. The van der Waals surface area contributed by atoms with Gasteiger partial charge in [0.15, 0.2) is 0 Å². The molecule has 1 unspecified atom stereocenters. The molecule has 88 valence electrons. The van der Waals surface area contributed by atoms with Crippen LogP contribution in [0.25, 0.3) is 10.8 Å². The highest BCUT2D eigenvalue weighted by molar-refractivity contribution is 8.00. The van der Waals surface area contributed by atoms with E-state index in [4.69, 9.17) is 11.1 Å². The molecule has 0 amide bonds. The number of nitrogens with two attached hydrogens (primary N) is 1. The Kier molecular flexibility index (Phi) is 3.69. The molecule has 0 spiro atoms. The van der Waals surface area contributed by atoms with Gasteiger partial charge in [-0.15, -0.1) is 11.8 Å². The highest BCUT2D eigenvalue weighted by atomic mass is 32.2. The fourth-order valence-corrected chi connectivity index (χ4v) is 2.74. The van der Waals surface area contributed by atoms with Crippen LogP contribution in [0, 0.1) is 5.41 Å². The lowest BCUT2D eigenvalue weighted by Crippen LogP contribution is -2.23. The summed E-state index contributed by atoms with van der Waals surface area (Å²) in [5.74, 6) is 0.255. The van der Waals surface area contributed by atoms with Gasteiger partial charge in [0.2, 0.25) is 0 Å². The van der Waals surface area contributed by atoms with Gasteiger partial charge in [0.25, 0.3) is 0 Å². The zero-order valence-corrected chi connectivity index (χ0v) is 10.6. The summed E-state index contributed by atoms with van der Waals surface area (Å²) in [5.41, 5.74) is 5.57. The Morgan fingerprint density at radius 1 is 1.24 bits per heavy atom. The molecule has 2 nitrogen and oxygen atoms in total. The molecule has 2 aromatic rings. The molecule has 2 aromatic carbocycles. The normalized spacial score (nSPS) is 12.5. The lowest BCUT2D eigenvalue weighted by atomic mass is 10.1. The zero-order chi connectivity index (χ0) is 12.3. The lowest BCUT2D eigenvalue weighted by molar-refractivity contribution is 0.992. The summed E-state index contributed by atoms with van der Waals surface area (Å²) in [4.78, 5) is 1.17. The van der Waals surface area contributed by atoms with Gasteiger partial charge in [-0.25, -0.2) is 0 Å². The summed E-state index contributed by atoms with van der Waals surface area (Å²) in [6, 6.07) is 14.7. The number of hydrogen-bond acceptors (Lipinski definition) is 2. The fraction of sp³-hybridized carbons (Fsp3) is 0.214. The standard InChI is InChI=1S/C14H16N2S/c1-2-13(14(15)16)17-12-8-7-10-5-3-4-6-11(10)9-12/h3-9,13H,2H2,1H3,(H3,15,16). The van der Waals surface area contributed by atoms with Crippen molar-refractivity contribution in [2.24, 2.45) is 5.73 Å². The van der Waals surface area contributed by atoms with Crippen LogP contribution in [0.5, 0.6) is 0 Å². The molecule has 17 heavy (non-hydrogen) atoms. The summed E-state index contributed by atoms with van der Waals surface area (Å²) in [5, 5.41) is 10.1. The zero-order valence-electron chi connectivity index (χ0n) is 9.81. The molecule has 0 saturated heterocycles. The number of thioether (sulfide) groups is 1. The van der Waals surface area contributed by atoms with Crippen LogP contribution in [-0.4, -0.2) is 11.1 Å². The Morgan fingerprint density at radius 2 is 1.94 bits per heavy atom. The SMILES string of the molecule is CCC(Sc1ccc2ccccc2c1)C(=N)N. The molecule has 0 radical (unpaired) electrons. The molecular formula is C14H16N2S. The Hall–Kier alpha value is -1.48. The van der Waals surface area contributed by atoms with Crippen LogP contribution in [0.2, 0.25) is 0 Å². The van der Waals surface area contributed by atoms with Crippen molar-refractivity contribution < 1.29 is 0 Å². The van der Waals surface area contributed by atoms with Gasteiger partial charge in [-0.1, -0.05) is 37.3 Å². The van der Waals surface area contributed by atoms with E-state index in [9.17, 15) is 0 Å². The molecule has 3 N–H and O–H groups in total. The molecule has 0 saturated carbocycles. The van der Waals surface area contributed by atoms with Crippen LogP contribution in [0.15, 0.2) is 47.4 Å². The predicted molar refractivity (Wildman–Crippen MR) is 75.8 cm³/mol. The summed E-state index contributed by atoms with van der Waals surface area (Å²) >= 11 is 1.66. The maximum atomic E-state index is 7.52. The van der Waals surface area contributed by atoms with Crippen molar-refractivity contribution in [1.82, 2.24) is 0 Å². The van der Waals surface area contributed by atoms with E-state index >= 15 is 0 Å². The van der Waals surface area contributed by atoms with Crippen LogP contribution in [0.3, 0.4) is 0 Å². The van der Waals surface area contributed by atoms with Crippen molar-refractivity contribution in [3.05, 3.63) is 42.5 Å². The third-order valence-electron chi connectivity index (χ3n) is 2.72. The van der Waals surface area contributed by atoms with E-state index in [1.54, 1.807) is 11.8 Å². The van der Waals surface area contributed by atoms with Crippen LogP contribution in [0.4, 0.5) is 0 Å². The first-order valence-corrected chi connectivity index (χ1v) is 6.58. The Labute approximate surface area is 106 Å². The second-order valence-corrected chi connectivity index (χ2v) is 5.26. The molecule has 0 aliphatic carbocycles. The van der Waals surface area contributed by atoms with Crippen LogP contribution in [-0.2, 0) is 0 Å². The average Bonchev–Trinajstić information content (AvgIpc) is 2.35. The van der Waals surface area contributed by atoms with Crippen molar-refractivity contribution in [3.63, 3.8) is 0 Å². The molecule has 0 aromatic heterocycles. The molecule has 0 aliphatic rings. The van der Waals surface area contributed by atoms with Crippen molar-refractivity contribution >= 4 is 28.4 Å². The van der Waals surface area contributed by atoms with Crippen molar-refractivity contribution in [3.8, 4) is 0 Å². The first kappa shape index (κ1) is 12.0. The number of fused-ring (bicyclic) bond motifs is 1. The van der Waals surface area contributed by atoms with E-state index in [-0.39, 0.29) is 11.1 Å². The Morgan fingerprint density at radius 3 is 2.59 bits per heavy atom. The maximum Gasteiger partial charge on any atom is 0.104 e. The highest BCUT2D eigenvalue weighted by Gasteiger charge is 2.11. The van der Waals surface area contributed by atoms with Gasteiger partial charge in [-0.3, -0.25) is 5.41 Å². The minimum absolute atomic E-state index is 0.0798. The van der Waals surface area contributed by atoms with E-state index in [0.717, 1.165) is 6.42 Å². The molecule has 0 aliphatic heterocycles. The highest BCUT2D eigenvalue weighted by Crippen LogP contribution is 2.28. The van der Waals surface area contributed by atoms with Gasteiger partial charge in [-0.2, -0.15) is 0 Å². The minimum Gasteiger partial charge on any atom is -0.387 e. The van der Waals surface area contributed by atoms with Crippen molar-refractivity contribution in [1.29, 1.82) is 5.41 Å². The van der Waals surface area contributed by atoms with Gasteiger partial charge in [0.1, 0.15) is 5.84 Å². The average molecular weight is 244 g/mol. The maximum absolute atomic E-state index is 7.52. The molecule has 2 rings (SSSR count). The topological polar surface area (TPSA) is 49.9 Å². The summed E-state index contributed by atoms with van der Waals surface area (Å²) in [6.07, 6.45) is 0.882. The van der Waals surface area contributed by atoms with Crippen molar-refractivity contribution in [2.45, 2.75) is 23.5 Å². The monoisotopic (exact) mass is 244 g/mol. The first-order chi connectivity index (χ1) is 8.20. The molecule has 0 bridgehead atoms.